The standard InChI is InChI=1S/C21H31N5O10S/c1-35-17(29)6-4-15(27)23-10-12(22)19(31)26-14(11-24-16(28)5-7-18(30)36-2)20(32)25-13(21(33)34)8-9-37-3/h4-7,12-14H,8-11,22H2,1-3H3,(H,23,27)(H,24,28)(H,25,32)(H,26,31)(H,33,34)/b6-4+,7-5+. The third kappa shape index (κ3) is 14.9. The van der Waals surface area contributed by atoms with E-state index in [4.69, 9.17) is 5.73 Å². The first-order valence-corrected chi connectivity index (χ1v) is 12.0. The fourth-order valence-corrected chi connectivity index (χ4v) is 2.77. The number of carbonyl (C=O) groups excluding carboxylic acids is 6. The molecule has 0 fully saturated rings. The number of carboxylic acids is 1. The largest absolute Gasteiger partial charge is 0.480 e. The lowest BCUT2D eigenvalue weighted by molar-refractivity contribution is -0.142. The lowest BCUT2D eigenvalue weighted by Gasteiger charge is -2.23. The zero-order valence-corrected chi connectivity index (χ0v) is 21.3. The lowest BCUT2D eigenvalue weighted by Crippen LogP contribution is -2.59. The Kier molecular flexibility index (Phi) is 16.4. The first kappa shape index (κ1) is 33.1. The Balaban J connectivity index is 5.32. The van der Waals surface area contributed by atoms with Gasteiger partial charge in [0, 0.05) is 37.4 Å². The number of carboxylic acid groups (broad SMARTS) is 1. The van der Waals surface area contributed by atoms with Crippen LogP contribution in [0.15, 0.2) is 24.3 Å². The smallest absolute Gasteiger partial charge is 0.330 e. The fraction of sp³-hybridized carbons (Fsp3) is 0.476. The minimum absolute atomic E-state index is 0.0990. The van der Waals surface area contributed by atoms with Crippen molar-refractivity contribution in [2.24, 2.45) is 5.73 Å². The molecule has 0 spiro atoms. The van der Waals surface area contributed by atoms with Gasteiger partial charge in [0.1, 0.15) is 18.1 Å². The fourth-order valence-electron chi connectivity index (χ4n) is 2.30. The maximum absolute atomic E-state index is 12.7. The van der Waals surface area contributed by atoms with Crippen LogP contribution in [0.3, 0.4) is 0 Å². The number of nitrogens with one attached hydrogen (secondary N) is 4. The second-order valence-corrected chi connectivity index (χ2v) is 8.04. The second kappa shape index (κ2) is 18.4. The molecule has 0 saturated carbocycles. The minimum atomic E-state index is -1.46. The summed E-state index contributed by atoms with van der Waals surface area (Å²) >= 11 is 1.37. The van der Waals surface area contributed by atoms with Gasteiger partial charge in [0.2, 0.25) is 23.6 Å². The van der Waals surface area contributed by atoms with E-state index in [-0.39, 0.29) is 13.0 Å². The average molecular weight is 546 g/mol. The highest BCUT2D eigenvalue weighted by Crippen LogP contribution is 2.02. The Morgan fingerprint density at radius 2 is 1.30 bits per heavy atom. The van der Waals surface area contributed by atoms with Crippen LogP contribution in [0.25, 0.3) is 0 Å². The molecule has 0 rings (SSSR count). The van der Waals surface area contributed by atoms with Gasteiger partial charge >= 0.3 is 17.9 Å². The van der Waals surface area contributed by atoms with Crippen LogP contribution in [0.2, 0.25) is 0 Å². The predicted octanol–water partition coefficient (Wildman–Crippen LogP) is -3.19. The molecule has 0 radical (unpaired) electrons. The van der Waals surface area contributed by atoms with Gasteiger partial charge in [-0.15, -0.1) is 0 Å². The molecular weight excluding hydrogens is 514 g/mol. The summed E-state index contributed by atoms with van der Waals surface area (Å²) in [6.07, 6.45) is 5.25. The van der Waals surface area contributed by atoms with E-state index < -0.39 is 66.2 Å². The van der Waals surface area contributed by atoms with Crippen LogP contribution in [0, 0.1) is 0 Å². The summed E-state index contributed by atoms with van der Waals surface area (Å²) in [4.78, 5) is 82.5. The Morgan fingerprint density at radius 1 is 0.811 bits per heavy atom. The third-order valence-electron chi connectivity index (χ3n) is 4.32. The van der Waals surface area contributed by atoms with E-state index in [2.05, 4.69) is 30.7 Å². The molecule has 0 aliphatic rings. The molecular formula is C21H31N5O10S. The Morgan fingerprint density at radius 3 is 1.76 bits per heavy atom. The number of esters is 2. The van der Waals surface area contributed by atoms with E-state index >= 15 is 0 Å². The highest BCUT2D eigenvalue weighted by Gasteiger charge is 2.28. The molecule has 16 heteroatoms. The van der Waals surface area contributed by atoms with Gasteiger partial charge in [-0.25, -0.2) is 14.4 Å². The number of nitrogens with two attached hydrogens (primary N) is 1. The van der Waals surface area contributed by atoms with Gasteiger partial charge in [-0.2, -0.15) is 11.8 Å². The van der Waals surface area contributed by atoms with Crippen molar-refractivity contribution in [1.29, 1.82) is 0 Å². The van der Waals surface area contributed by atoms with E-state index in [0.717, 1.165) is 38.5 Å². The molecule has 0 aromatic rings. The number of hydrogen-bond acceptors (Lipinski definition) is 11. The third-order valence-corrected chi connectivity index (χ3v) is 4.96. The summed E-state index contributed by atoms with van der Waals surface area (Å²) in [5, 5.41) is 18.5. The first-order chi connectivity index (χ1) is 17.4. The van der Waals surface area contributed by atoms with Crippen molar-refractivity contribution in [3.63, 3.8) is 0 Å². The molecule has 4 amide bonds. The quantitative estimate of drug-likeness (QED) is 0.0832. The number of thioether (sulfide) groups is 1. The molecule has 3 unspecified atom stereocenters. The maximum atomic E-state index is 12.7. The van der Waals surface area contributed by atoms with Crippen molar-refractivity contribution in [3.8, 4) is 0 Å². The summed E-state index contributed by atoms with van der Waals surface area (Å²) in [6, 6.07) is -4.07. The molecule has 0 saturated heterocycles. The molecule has 37 heavy (non-hydrogen) atoms. The molecule has 0 aromatic carbocycles. The second-order valence-electron chi connectivity index (χ2n) is 7.05. The number of carbonyl (C=O) groups is 7. The Hall–Kier alpha value is -3.92. The maximum Gasteiger partial charge on any atom is 0.330 e. The molecule has 0 aliphatic carbocycles. The summed E-state index contributed by atoms with van der Waals surface area (Å²) < 4.78 is 8.70. The van der Waals surface area contributed by atoms with Gasteiger partial charge in [0.25, 0.3) is 0 Å². The highest BCUT2D eigenvalue weighted by atomic mass is 32.2. The predicted molar refractivity (Wildman–Crippen MR) is 131 cm³/mol. The summed E-state index contributed by atoms with van der Waals surface area (Å²) in [6.45, 7) is -0.873. The average Bonchev–Trinajstić information content (AvgIpc) is 2.88. The molecule has 0 aromatic heterocycles. The van der Waals surface area contributed by atoms with Crippen LogP contribution >= 0.6 is 11.8 Å². The van der Waals surface area contributed by atoms with Gasteiger partial charge in [0.05, 0.1) is 14.2 Å². The van der Waals surface area contributed by atoms with Crippen LogP contribution in [-0.4, -0.2) is 104 Å². The molecule has 0 aliphatic heterocycles. The van der Waals surface area contributed by atoms with Crippen LogP contribution in [-0.2, 0) is 43.0 Å². The molecule has 3 atom stereocenters. The van der Waals surface area contributed by atoms with E-state index in [0.29, 0.717) is 5.75 Å². The SMILES string of the molecule is COC(=O)/C=C/C(=O)NCC(N)C(=O)NC(CNC(=O)/C=C/C(=O)OC)C(=O)NC(CCSC)C(=O)O. The highest BCUT2D eigenvalue weighted by molar-refractivity contribution is 7.98. The number of aliphatic carboxylic acids is 1. The topological polar surface area (TPSA) is 232 Å². The van der Waals surface area contributed by atoms with Gasteiger partial charge in [-0.1, -0.05) is 0 Å². The summed E-state index contributed by atoms with van der Waals surface area (Å²) in [7, 11) is 2.23. The van der Waals surface area contributed by atoms with E-state index in [1.807, 2.05) is 0 Å². The van der Waals surface area contributed by atoms with E-state index in [1.54, 1.807) is 6.26 Å². The van der Waals surface area contributed by atoms with Crippen LogP contribution in [0.4, 0.5) is 0 Å². The summed E-state index contributed by atoms with van der Waals surface area (Å²) in [5.41, 5.74) is 5.74. The number of amides is 4. The van der Waals surface area contributed by atoms with Crippen LogP contribution in [0.1, 0.15) is 6.42 Å². The number of ether oxygens (including phenoxy) is 2. The zero-order chi connectivity index (χ0) is 28.4. The van der Waals surface area contributed by atoms with Crippen molar-refractivity contribution < 1.29 is 48.1 Å². The number of hydrogen-bond donors (Lipinski definition) is 6. The van der Waals surface area contributed by atoms with Crippen molar-refractivity contribution in [3.05, 3.63) is 24.3 Å². The molecule has 0 heterocycles. The molecule has 206 valence electrons. The molecule has 7 N–H and O–H groups in total. The van der Waals surface area contributed by atoms with E-state index in [1.165, 1.54) is 11.8 Å². The van der Waals surface area contributed by atoms with Crippen molar-refractivity contribution in [1.82, 2.24) is 21.3 Å². The van der Waals surface area contributed by atoms with Crippen molar-refractivity contribution in [2.45, 2.75) is 24.5 Å². The lowest BCUT2D eigenvalue weighted by atomic mass is 10.1. The minimum Gasteiger partial charge on any atom is -0.480 e. The zero-order valence-electron chi connectivity index (χ0n) is 20.5. The van der Waals surface area contributed by atoms with Crippen LogP contribution < -0.4 is 27.0 Å². The van der Waals surface area contributed by atoms with E-state index in [9.17, 15) is 38.7 Å². The van der Waals surface area contributed by atoms with Crippen LogP contribution in [0.5, 0.6) is 0 Å². The Labute approximate surface area is 216 Å². The molecule has 15 nitrogen and oxygen atoms in total. The van der Waals surface area contributed by atoms with Gasteiger partial charge < -0.3 is 41.6 Å². The van der Waals surface area contributed by atoms with Crippen molar-refractivity contribution in [2.75, 3.05) is 39.3 Å². The van der Waals surface area contributed by atoms with Gasteiger partial charge in [0.15, 0.2) is 0 Å². The Bertz CT molecular complexity index is 908. The summed E-state index contributed by atoms with van der Waals surface area (Å²) in [5.74, 6) is -5.81. The van der Waals surface area contributed by atoms with Gasteiger partial charge in [-0.05, 0) is 18.4 Å². The van der Waals surface area contributed by atoms with Gasteiger partial charge in [-0.3, -0.25) is 19.2 Å². The monoisotopic (exact) mass is 545 g/mol. The molecule has 0 bridgehead atoms. The number of methoxy groups -OCH3 is 2. The first-order valence-electron chi connectivity index (χ1n) is 10.6. The van der Waals surface area contributed by atoms with Crippen molar-refractivity contribution >= 4 is 53.3 Å². The normalized spacial score (nSPS) is 13.2. The number of rotatable bonds is 16.